The number of aryl methyl sites for hydroxylation is 2. The van der Waals surface area contributed by atoms with E-state index < -0.39 is 10.8 Å². The second kappa shape index (κ2) is 7.10. The lowest BCUT2D eigenvalue weighted by Crippen LogP contribution is -2.20. The fourth-order valence-electron chi connectivity index (χ4n) is 2.05. The summed E-state index contributed by atoms with van der Waals surface area (Å²) in [7, 11) is 0. The van der Waals surface area contributed by atoms with Crippen LogP contribution in [0.1, 0.15) is 21.6 Å². The summed E-state index contributed by atoms with van der Waals surface area (Å²) in [5.41, 5.74) is 1.78. The maximum absolute atomic E-state index is 12.0. The summed E-state index contributed by atoms with van der Waals surface area (Å²) in [5, 5.41) is 23.3. The van der Waals surface area contributed by atoms with E-state index in [2.05, 4.69) is 11.4 Å². The van der Waals surface area contributed by atoms with Gasteiger partial charge in [0.2, 0.25) is 0 Å². The van der Waals surface area contributed by atoms with E-state index in [0.29, 0.717) is 10.6 Å². The van der Waals surface area contributed by atoms with E-state index in [1.807, 2.05) is 13.8 Å². The van der Waals surface area contributed by atoms with E-state index in [1.54, 1.807) is 13.0 Å². The second-order valence-electron chi connectivity index (χ2n) is 5.16. The Hall–Kier alpha value is -2.92. The molecule has 0 aliphatic rings. The zero-order valence-corrected chi connectivity index (χ0v) is 14.2. The van der Waals surface area contributed by atoms with E-state index in [0.717, 1.165) is 16.0 Å². The fourth-order valence-corrected chi connectivity index (χ4v) is 3.07. The molecule has 2 rings (SSSR count). The lowest BCUT2D eigenvalue weighted by molar-refractivity contribution is -0.385. The quantitative estimate of drug-likeness (QED) is 0.660. The fraction of sp³-hybridized carbons (Fsp3) is 0.250. The van der Waals surface area contributed by atoms with Gasteiger partial charge in [-0.25, -0.2) is 0 Å². The Morgan fingerprint density at radius 3 is 2.75 bits per heavy atom. The van der Waals surface area contributed by atoms with E-state index in [1.165, 1.54) is 23.5 Å². The smallest absolute Gasteiger partial charge is 0.311 e. The number of hydrogen-bond acceptors (Lipinski definition) is 6. The molecule has 1 N–H and O–H groups in total. The van der Waals surface area contributed by atoms with Gasteiger partial charge in [0.1, 0.15) is 11.1 Å². The van der Waals surface area contributed by atoms with Crippen LogP contribution in [-0.2, 0) is 4.79 Å². The number of hydrogen-bond donors (Lipinski definition) is 1. The summed E-state index contributed by atoms with van der Waals surface area (Å²) < 4.78 is 5.27. The van der Waals surface area contributed by atoms with Crippen molar-refractivity contribution in [1.29, 1.82) is 5.26 Å². The molecule has 1 aromatic carbocycles. The number of rotatable bonds is 5. The molecule has 1 aromatic heterocycles. The molecule has 8 heteroatoms. The van der Waals surface area contributed by atoms with Crippen LogP contribution >= 0.6 is 11.3 Å². The number of nitro benzene ring substituents is 1. The molecule has 1 amide bonds. The lowest BCUT2D eigenvalue weighted by atomic mass is 10.2. The van der Waals surface area contributed by atoms with Crippen molar-refractivity contribution in [3.05, 3.63) is 49.9 Å². The molecule has 1 heterocycles. The Bertz CT molecular complexity index is 852. The van der Waals surface area contributed by atoms with Crippen LogP contribution in [0.2, 0.25) is 0 Å². The topological polar surface area (TPSA) is 105 Å². The highest BCUT2D eigenvalue weighted by Crippen LogP contribution is 2.32. The van der Waals surface area contributed by atoms with Crippen molar-refractivity contribution in [2.45, 2.75) is 20.8 Å². The summed E-state index contributed by atoms with van der Waals surface area (Å²) in [5.74, 6) is -0.456. The zero-order valence-electron chi connectivity index (χ0n) is 13.4. The van der Waals surface area contributed by atoms with E-state index in [4.69, 9.17) is 10.00 Å². The summed E-state index contributed by atoms with van der Waals surface area (Å²) in [6.07, 6.45) is 0. The number of nitrogens with one attached hydrogen (secondary N) is 1. The number of ether oxygens (including phenoxy) is 1. The molecule has 0 fully saturated rings. The molecule has 24 heavy (non-hydrogen) atoms. The second-order valence-corrected chi connectivity index (χ2v) is 6.39. The van der Waals surface area contributed by atoms with Crippen molar-refractivity contribution in [2.24, 2.45) is 0 Å². The van der Waals surface area contributed by atoms with Gasteiger partial charge in [0, 0.05) is 10.9 Å². The summed E-state index contributed by atoms with van der Waals surface area (Å²) >= 11 is 1.31. The average molecular weight is 345 g/mol. The first-order valence-electron chi connectivity index (χ1n) is 7.01. The minimum atomic E-state index is -0.556. The summed E-state index contributed by atoms with van der Waals surface area (Å²) in [6.45, 7) is 5.02. The molecule has 0 atom stereocenters. The third kappa shape index (κ3) is 3.70. The van der Waals surface area contributed by atoms with Crippen LogP contribution in [-0.4, -0.2) is 17.4 Å². The first-order chi connectivity index (χ1) is 11.3. The van der Waals surface area contributed by atoms with Crippen LogP contribution in [0, 0.1) is 42.2 Å². The lowest BCUT2D eigenvalue weighted by Gasteiger charge is -2.07. The SMILES string of the molecule is Cc1ccc(OCC(=O)Nc2sc(C)c(C)c2C#N)c([N+](=O)[O-])c1. The van der Waals surface area contributed by atoms with Gasteiger partial charge >= 0.3 is 5.69 Å². The van der Waals surface area contributed by atoms with Gasteiger partial charge < -0.3 is 10.1 Å². The number of nitriles is 1. The highest BCUT2D eigenvalue weighted by molar-refractivity contribution is 7.16. The Balaban J connectivity index is 2.09. The Labute approximate surface area is 142 Å². The molecule has 0 bridgehead atoms. The number of carbonyl (C=O) groups excluding carboxylic acids is 1. The third-order valence-electron chi connectivity index (χ3n) is 3.42. The number of benzene rings is 1. The molecule has 0 radical (unpaired) electrons. The normalized spacial score (nSPS) is 10.1. The van der Waals surface area contributed by atoms with Crippen molar-refractivity contribution in [3.8, 4) is 11.8 Å². The van der Waals surface area contributed by atoms with Crippen molar-refractivity contribution in [2.75, 3.05) is 11.9 Å². The molecule has 0 saturated heterocycles. The van der Waals surface area contributed by atoms with E-state index >= 15 is 0 Å². The molecule has 0 saturated carbocycles. The molecule has 0 aliphatic heterocycles. The minimum absolute atomic E-state index is 0.0276. The number of nitro groups is 1. The van der Waals surface area contributed by atoms with Gasteiger partial charge in [0.05, 0.1) is 10.5 Å². The standard InChI is InChI=1S/C16H15N3O4S/c1-9-4-5-14(13(6-9)19(21)22)23-8-15(20)18-16-12(7-17)10(2)11(3)24-16/h4-6H,8H2,1-3H3,(H,18,20). The van der Waals surface area contributed by atoms with Gasteiger partial charge in [0.25, 0.3) is 5.91 Å². The van der Waals surface area contributed by atoms with Crippen LogP contribution < -0.4 is 10.1 Å². The molecule has 0 spiro atoms. The molecular weight excluding hydrogens is 330 g/mol. The zero-order chi connectivity index (χ0) is 17.9. The average Bonchev–Trinajstić information content (AvgIpc) is 2.79. The number of nitrogens with zero attached hydrogens (tertiary/aromatic N) is 2. The van der Waals surface area contributed by atoms with Crippen LogP contribution in [0.4, 0.5) is 10.7 Å². The van der Waals surface area contributed by atoms with Crippen molar-refractivity contribution in [1.82, 2.24) is 0 Å². The summed E-state index contributed by atoms with van der Waals surface area (Å²) in [4.78, 5) is 23.4. The van der Waals surface area contributed by atoms with Crippen molar-refractivity contribution >= 4 is 27.9 Å². The van der Waals surface area contributed by atoms with E-state index in [-0.39, 0.29) is 18.0 Å². The highest BCUT2D eigenvalue weighted by Gasteiger charge is 2.18. The van der Waals surface area contributed by atoms with Crippen molar-refractivity contribution in [3.63, 3.8) is 0 Å². The first kappa shape index (κ1) is 17.4. The van der Waals surface area contributed by atoms with Gasteiger partial charge in [0.15, 0.2) is 12.4 Å². The van der Waals surface area contributed by atoms with Crippen LogP contribution in [0.3, 0.4) is 0 Å². The Morgan fingerprint density at radius 1 is 1.42 bits per heavy atom. The monoisotopic (exact) mass is 345 g/mol. The predicted octanol–water partition coefficient (Wildman–Crippen LogP) is 3.47. The van der Waals surface area contributed by atoms with Gasteiger partial charge in [-0.1, -0.05) is 6.07 Å². The molecule has 0 aliphatic carbocycles. The molecule has 124 valence electrons. The maximum Gasteiger partial charge on any atom is 0.311 e. The molecule has 0 unspecified atom stereocenters. The minimum Gasteiger partial charge on any atom is -0.477 e. The largest absolute Gasteiger partial charge is 0.477 e. The first-order valence-corrected chi connectivity index (χ1v) is 7.83. The molecule has 7 nitrogen and oxygen atoms in total. The maximum atomic E-state index is 12.0. The number of anilines is 1. The summed E-state index contributed by atoms with van der Waals surface area (Å²) in [6, 6.07) is 6.57. The van der Waals surface area contributed by atoms with Gasteiger partial charge in [-0.3, -0.25) is 14.9 Å². The van der Waals surface area contributed by atoms with Gasteiger partial charge in [-0.15, -0.1) is 11.3 Å². The number of amides is 1. The Morgan fingerprint density at radius 2 is 2.12 bits per heavy atom. The Kier molecular flexibility index (Phi) is 5.16. The number of thiophene rings is 1. The van der Waals surface area contributed by atoms with Crippen LogP contribution in [0.5, 0.6) is 5.75 Å². The predicted molar refractivity (Wildman–Crippen MR) is 90.5 cm³/mol. The van der Waals surface area contributed by atoms with Crippen LogP contribution in [0.25, 0.3) is 0 Å². The third-order valence-corrected chi connectivity index (χ3v) is 4.54. The van der Waals surface area contributed by atoms with Crippen LogP contribution in [0.15, 0.2) is 18.2 Å². The molecule has 2 aromatic rings. The van der Waals surface area contributed by atoms with Gasteiger partial charge in [-0.2, -0.15) is 5.26 Å². The molecular formula is C16H15N3O4S. The number of carbonyl (C=O) groups is 1. The highest BCUT2D eigenvalue weighted by atomic mass is 32.1. The van der Waals surface area contributed by atoms with Crippen molar-refractivity contribution < 1.29 is 14.5 Å². The van der Waals surface area contributed by atoms with Gasteiger partial charge in [-0.05, 0) is 38.0 Å². The van der Waals surface area contributed by atoms with E-state index in [9.17, 15) is 14.9 Å².